The molecule has 540 valence electrons. The summed E-state index contributed by atoms with van der Waals surface area (Å²) in [5.74, 6) is 0.889. The van der Waals surface area contributed by atoms with Crippen molar-refractivity contribution in [3.63, 3.8) is 0 Å². The molecule has 0 aliphatic rings. The third kappa shape index (κ3) is 65.1. The van der Waals surface area contributed by atoms with Crippen LogP contribution in [0.2, 0.25) is 0 Å². The number of hydrogen-bond acceptors (Lipinski definition) is 15. The lowest BCUT2D eigenvalue weighted by Crippen LogP contribution is -2.30. The molecule has 3 N–H and O–H groups in total. The molecule has 0 rings (SSSR count). The van der Waals surface area contributed by atoms with Crippen LogP contribution in [-0.4, -0.2) is 96.7 Å². The average Bonchev–Trinajstić information content (AvgIpc) is 3.37. The predicted octanol–water partition coefficient (Wildman–Crippen LogP) is 20.5. The van der Waals surface area contributed by atoms with E-state index in [1.165, 1.54) is 154 Å². The molecule has 0 aliphatic heterocycles. The fourth-order valence-electron chi connectivity index (χ4n) is 10.8. The van der Waals surface area contributed by atoms with Crippen LogP contribution in [0.3, 0.4) is 0 Å². The number of phosphoric acid groups is 2. The molecule has 91 heavy (non-hydrogen) atoms. The van der Waals surface area contributed by atoms with Crippen molar-refractivity contribution in [2.24, 2.45) is 23.7 Å². The summed E-state index contributed by atoms with van der Waals surface area (Å²) in [6.07, 6.45) is 44.5. The monoisotopic (exact) mass is 1340 g/mol. The topological polar surface area (TPSA) is 237 Å². The number of ether oxygens (including phenoxy) is 4. The largest absolute Gasteiger partial charge is 0.472 e. The maximum atomic E-state index is 13.0. The summed E-state index contributed by atoms with van der Waals surface area (Å²) in [6.45, 7) is 14.1. The number of carbonyl (C=O) groups excluding carboxylic acids is 4. The van der Waals surface area contributed by atoms with Gasteiger partial charge in [-0.2, -0.15) is 0 Å². The van der Waals surface area contributed by atoms with E-state index in [2.05, 4.69) is 55.4 Å². The number of carbonyl (C=O) groups is 4. The number of unbranched alkanes of at least 4 members (excludes halogenated alkanes) is 34. The number of aliphatic hydroxyl groups is 1. The molecule has 0 heterocycles. The molecule has 0 aromatic heterocycles. The van der Waals surface area contributed by atoms with Gasteiger partial charge in [0.25, 0.3) is 0 Å². The zero-order valence-corrected chi connectivity index (χ0v) is 61.3. The Morgan fingerprint density at radius 1 is 0.308 bits per heavy atom. The molecule has 4 unspecified atom stereocenters. The molecule has 0 fully saturated rings. The van der Waals surface area contributed by atoms with Crippen molar-refractivity contribution in [1.82, 2.24) is 0 Å². The van der Waals surface area contributed by atoms with Crippen LogP contribution in [0.1, 0.15) is 357 Å². The molecule has 0 saturated heterocycles. The SMILES string of the molecule is CCC(C)CCCCCCCCCCCCC(=O)O[C@H](COC(=O)CCCCCCCCCC(C)C)COP(=O)(O)OCC(O)COP(=O)(O)OC[C@@H](COC(=O)CCCCCCCCCCCCCCCC(C)C)OC(=O)CCCCCCCCCCC(C)C. The van der Waals surface area contributed by atoms with Crippen LogP contribution in [0.25, 0.3) is 0 Å². The third-order valence-corrected chi connectivity index (χ3v) is 18.8. The Balaban J connectivity index is 5.24. The van der Waals surface area contributed by atoms with Gasteiger partial charge in [-0.1, -0.05) is 306 Å². The zero-order chi connectivity index (χ0) is 67.5. The zero-order valence-electron chi connectivity index (χ0n) is 59.5. The predicted molar refractivity (Wildman–Crippen MR) is 367 cm³/mol. The molecule has 0 bridgehead atoms. The molecule has 0 saturated carbocycles. The van der Waals surface area contributed by atoms with Gasteiger partial charge in [-0.05, 0) is 49.4 Å². The molecule has 0 amide bonds. The fraction of sp³-hybridized carbons (Fsp3) is 0.944. The Kier molecular flexibility index (Phi) is 60.3. The van der Waals surface area contributed by atoms with Gasteiger partial charge in [0.15, 0.2) is 12.2 Å². The van der Waals surface area contributed by atoms with E-state index in [9.17, 15) is 43.2 Å². The second-order valence-corrected chi connectivity index (χ2v) is 30.6. The summed E-state index contributed by atoms with van der Waals surface area (Å²) in [6, 6.07) is 0. The highest BCUT2D eigenvalue weighted by Crippen LogP contribution is 2.45. The molecular weight excluding hydrogens is 1200 g/mol. The molecule has 0 spiro atoms. The van der Waals surface area contributed by atoms with Gasteiger partial charge in [-0.3, -0.25) is 37.3 Å². The van der Waals surface area contributed by atoms with Crippen molar-refractivity contribution in [1.29, 1.82) is 0 Å². The maximum absolute atomic E-state index is 13.0. The first-order valence-electron chi connectivity index (χ1n) is 37.2. The number of rotatable bonds is 69. The van der Waals surface area contributed by atoms with E-state index in [0.717, 1.165) is 114 Å². The van der Waals surface area contributed by atoms with Gasteiger partial charge in [0.05, 0.1) is 26.4 Å². The standard InChI is InChI=1S/C72H140O17P2/c1-9-65(8)51-43-35-27-18-15-16-20-29-38-46-54-71(76)88-68(59-83-70(75)53-45-37-31-23-26-34-42-50-64(6)7)61-87-91(80,81)85-57-66(73)56-84-90(78,79)86-60-67(89-72(77)55-47-39-30-22-21-25-33-41-49-63(4)5)58-82-69(74)52-44-36-28-19-14-12-10-11-13-17-24-32-40-48-62(2)3/h62-68,73H,9-61H2,1-8H3,(H,78,79)(H,80,81)/t65?,66?,67-,68-/m1/s1. The lowest BCUT2D eigenvalue weighted by Gasteiger charge is -2.21. The van der Waals surface area contributed by atoms with E-state index in [0.29, 0.717) is 31.6 Å². The molecule has 6 atom stereocenters. The second kappa shape index (κ2) is 61.6. The van der Waals surface area contributed by atoms with Crippen molar-refractivity contribution < 1.29 is 80.2 Å². The summed E-state index contributed by atoms with van der Waals surface area (Å²) in [7, 11) is -9.91. The highest BCUT2D eigenvalue weighted by Gasteiger charge is 2.30. The Morgan fingerprint density at radius 2 is 0.527 bits per heavy atom. The van der Waals surface area contributed by atoms with Crippen molar-refractivity contribution in [2.75, 3.05) is 39.6 Å². The minimum atomic E-state index is -4.95. The number of aliphatic hydroxyl groups excluding tert-OH is 1. The van der Waals surface area contributed by atoms with Gasteiger partial charge in [-0.25, -0.2) is 9.13 Å². The van der Waals surface area contributed by atoms with Gasteiger partial charge in [0, 0.05) is 25.7 Å². The Hall–Kier alpha value is -1.94. The number of hydrogen-bond donors (Lipinski definition) is 3. The van der Waals surface area contributed by atoms with E-state index in [1.54, 1.807) is 0 Å². The van der Waals surface area contributed by atoms with E-state index in [4.69, 9.17) is 37.0 Å². The molecule has 0 aromatic rings. The molecule has 0 radical (unpaired) electrons. The van der Waals surface area contributed by atoms with Crippen LogP contribution < -0.4 is 0 Å². The number of phosphoric ester groups is 2. The highest BCUT2D eigenvalue weighted by molar-refractivity contribution is 7.47. The smallest absolute Gasteiger partial charge is 0.462 e. The van der Waals surface area contributed by atoms with Crippen molar-refractivity contribution in [3.05, 3.63) is 0 Å². The Labute approximate surface area is 556 Å². The first-order valence-corrected chi connectivity index (χ1v) is 40.2. The van der Waals surface area contributed by atoms with Crippen molar-refractivity contribution >= 4 is 39.5 Å². The molecule has 19 heteroatoms. The molecule has 0 aliphatic carbocycles. The molecule has 17 nitrogen and oxygen atoms in total. The minimum absolute atomic E-state index is 0.104. The van der Waals surface area contributed by atoms with Crippen LogP contribution in [0, 0.1) is 23.7 Å². The number of esters is 4. The van der Waals surface area contributed by atoms with Crippen LogP contribution in [0.5, 0.6) is 0 Å². The van der Waals surface area contributed by atoms with Gasteiger partial charge >= 0.3 is 39.5 Å². The quantitative estimate of drug-likeness (QED) is 0.0222. The summed E-state index contributed by atoms with van der Waals surface area (Å²) < 4.78 is 68.3. The molecular formula is C72H140O17P2. The summed E-state index contributed by atoms with van der Waals surface area (Å²) in [5.41, 5.74) is 0. The maximum Gasteiger partial charge on any atom is 0.472 e. The van der Waals surface area contributed by atoms with Gasteiger partial charge in [0.2, 0.25) is 0 Å². The first kappa shape index (κ1) is 89.1. The van der Waals surface area contributed by atoms with Gasteiger partial charge in [0.1, 0.15) is 19.3 Å². The van der Waals surface area contributed by atoms with E-state index >= 15 is 0 Å². The van der Waals surface area contributed by atoms with Crippen LogP contribution in [0.4, 0.5) is 0 Å². The molecule has 0 aromatic carbocycles. The van der Waals surface area contributed by atoms with Crippen LogP contribution in [0.15, 0.2) is 0 Å². The van der Waals surface area contributed by atoms with E-state index in [1.807, 2.05) is 0 Å². The third-order valence-electron chi connectivity index (χ3n) is 16.9. The average molecular weight is 1340 g/mol. The normalized spacial score (nSPS) is 14.5. The second-order valence-electron chi connectivity index (χ2n) is 27.6. The summed E-state index contributed by atoms with van der Waals surface area (Å²) in [4.78, 5) is 72.6. The lowest BCUT2D eigenvalue weighted by atomic mass is 9.99. The lowest BCUT2D eigenvalue weighted by molar-refractivity contribution is -0.161. The first-order chi connectivity index (χ1) is 43.6. The summed E-state index contributed by atoms with van der Waals surface area (Å²) >= 11 is 0. The van der Waals surface area contributed by atoms with Crippen molar-refractivity contribution in [2.45, 2.75) is 375 Å². The van der Waals surface area contributed by atoms with Crippen LogP contribution >= 0.6 is 15.6 Å². The van der Waals surface area contributed by atoms with Gasteiger partial charge in [-0.15, -0.1) is 0 Å². The minimum Gasteiger partial charge on any atom is -0.462 e. The fourth-order valence-corrected chi connectivity index (χ4v) is 12.4. The Morgan fingerprint density at radius 3 is 0.780 bits per heavy atom. The highest BCUT2D eigenvalue weighted by atomic mass is 31.2. The summed E-state index contributed by atoms with van der Waals surface area (Å²) in [5, 5.41) is 10.6. The van der Waals surface area contributed by atoms with Gasteiger partial charge < -0.3 is 33.8 Å². The van der Waals surface area contributed by atoms with E-state index < -0.39 is 97.5 Å². The van der Waals surface area contributed by atoms with Crippen LogP contribution in [-0.2, 0) is 65.4 Å². The van der Waals surface area contributed by atoms with Crippen molar-refractivity contribution in [3.8, 4) is 0 Å². The Bertz CT molecular complexity index is 1800. The van der Waals surface area contributed by atoms with E-state index in [-0.39, 0.29) is 25.7 Å².